The summed E-state index contributed by atoms with van der Waals surface area (Å²) in [7, 11) is 1.78. The van der Waals surface area contributed by atoms with Crippen LogP contribution in [0, 0.1) is 0 Å². The second kappa shape index (κ2) is 9.17. The van der Waals surface area contributed by atoms with Crippen LogP contribution < -0.4 is 4.90 Å². The Kier molecular flexibility index (Phi) is 6.19. The predicted molar refractivity (Wildman–Crippen MR) is 113 cm³/mol. The van der Waals surface area contributed by atoms with Crippen molar-refractivity contribution in [3.63, 3.8) is 0 Å². The smallest absolute Gasteiger partial charge is 0.233 e. The number of anilines is 1. The second-order valence-electron chi connectivity index (χ2n) is 7.12. The summed E-state index contributed by atoms with van der Waals surface area (Å²) in [6, 6.07) is 13.8. The highest BCUT2D eigenvalue weighted by Gasteiger charge is 2.22. The lowest BCUT2D eigenvalue weighted by molar-refractivity contribution is -0.127. The largest absolute Gasteiger partial charge is 0.467 e. The SMILES string of the molecule is CN(Cc1ccco1)C(=O)CSc1nnc(N2CCCCC2)n1-c1ccccc1. The van der Waals surface area contributed by atoms with E-state index < -0.39 is 0 Å². The minimum Gasteiger partial charge on any atom is -0.467 e. The van der Waals surface area contributed by atoms with E-state index in [4.69, 9.17) is 4.42 Å². The number of carbonyl (C=O) groups is 1. The first kappa shape index (κ1) is 19.6. The van der Waals surface area contributed by atoms with E-state index in [2.05, 4.69) is 19.7 Å². The Hall–Kier alpha value is -2.74. The van der Waals surface area contributed by atoms with Crippen LogP contribution in [0.2, 0.25) is 0 Å². The zero-order valence-electron chi connectivity index (χ0n) is 16.5. The molecule has 1 saturated heterocycles. The van der Waals surface area contributed by atoms with Gasteiger partial charge in [-0.05, 0) is 43.5 Å². The number of nitrogens with zero attached hydrogens (tertiary/aromatic N) is 5. The molecule has 29 heavy (non-hydrogen) atoms. The van der Waals surface area contributed by atoms with Gasteiger partial charge in [-0.25, -0.2) is 0 Å². The maximum Gasteiger partial charge on any atom is 0.233 e. The third-order valence-corrected chi connectivity index (χ3v) is 5.91. The molecule has 0 saturated carbocycles. The first-order valence-corrected chi connectivity index (χ1v) is 10.9. The van der Waals surface area contributed by atoms with Gasteiger partial charge in [-0.3, -0.25) is 9.36 Å². The molecular weight excluding hydrogens is 386 g/mol. The monoisotopic (exact) mass is 411 g/mol. The molecule has 1 aliphatic rings. The Morgan fingerprint density at radius 1 is 1.10 bits per heavy atom. The van der Waals surface area contributed by atoms with E-state index in [0.29, 0.717) is 12.3 Å². The molecular formula is C21H25N5O2S. The summed E-state index contributed by atoms with van der Waals surface area (Å²) in [5.41, 5.74) is 1.01. The van der Waals surface area contributed by atoms with E-state index in [1.54, 1.807) is 18.2 Å². The summed E-state index contributed by atoms with van der Waals surface area (Å²) in [6.45, 7) is 2.43. The first-order chi connectivity index (χ1) is 14.2. The Morgan fingerprint density at radius 2 is 1.90 bits per heavy atom. The van der Waals surface area contributed by atoms with Gasteiger partial charge in [0.2, 0.25) is 11.9 Å². The Morgan fingerprint density at radius 3 is 2.62 bits per heavy atom. The molecule has 1 aromatic carbocycles. The molecule has 0 atom stereocenters. The van der Waals surface area contributed by atoms with Gasteiger partial charge in [-0.1, -0.05) is 30.0 Å². The Labute approximate surface area is 174 Å². The van der Waals surface area contributed by atoms with Crippen molar-refractivity contribution in [2.45, 2.75) is 31.0 Å². The van der Waals surface area contributed by atoms with Crippen LogP contribution in [0.5, 0.6) is 0 Å². The van der Waals surface area contributed by atoms with Crippen LogP contribution in [-0.2, 0) is 11.3 Å². The lowest BCUT2D eigenvalue weighted by Crippen LogP contribution is -2.31. The third-order valence-electron chi connectivity index (χ3n) is 4.99. The lowest BCUT2D eigenvalue weighted by Gasteiger charge is -2.27. The molecule has 152 valence electrons. The summed E-state index contributed by atoms with van der Waals surface area (Å²) in [4.78, 5) is 16.6. The molecule has 0 spiro atoms. The van der Waals surface area contributed by atoms with E-state index in [0.717, 1.165) is 35.6 Å². The Balaban J connectivity index is 1.50. The van der Waals surface area contributed by atoms with Crippen molar-refractivity contribution < 1.29 is 9.21 Å². The molecule has 0 N–H and O–H groups in total. The number of piperidine rings is 1. The van der Waals surface area contributed by atoms with E-state index in [-0.39, 0.29) is 5.91 Å². The fourth-order valence-electron chi connectivity index (χ4n) is 3.42. The average Bonchev–Trinajstić information content (AvgIpc) is 3.43. The predicted octanol–water partition coefficient (Wildman–Crippen LogP) is 3.60. The summed E-state index contributed by atoms with van der Waals surface area (Å²) >= 11 is 1.42. The van der Waals surface area contributed by atoms with E-state index in [1.807, 2.05) is 42.5 Å². The first-order valence-electron chi connectivity index (χ1n) is 9.87. The van der Waals surface area contributed by atoms with Crippen LogP contribution in [0.3, 0.4) is 0 Å². The number of amides is 1. The third kappa shape index (κ3) is 4.64. The highest BCUT2D eigenvalue weighted by atomic mass is 32.2. The highest BCUT2D eigenvalue weighted by molar-refractivity contribution is 7.99. The van der Waals surface area contributed by atoms with E-state index in [1.165, 1.54) is 31.0 Å². The van der Waals surface area contributed by atoms with E-state index >= 15 is 0 Å². The van der Waals surface area contributed by atoms with Gasteiger partial charge >= 0.3 is 0 Å². The summed E-state index contributed by atoms with van der Waals surface area (Å²) in [6.07, 6.45) is 5.21. The molecule has 0 radical (unpaired) electrons. The van der Waals surface area contributed by atoms with Gasteiger partial charge in [-0.15, -0.1) is 10.2 Å². The molecule has 3 heterocycles. The topological polar surface area (TPSA) is 67.4 Å². The summed E-state index contributed by atoms with van der Waals surface area (Å²) in [5, 5.41) is 9.63. The maximum absolute atomic E-state index is 12.6. The van der Waals surface area contributed by atoms with Crippen LogP contribution in [-0.4, -0.2) is 51.5 Å². The number of carbonyl (C=O) groups excluding carboxylic acids is 1. The molecule has 0 bridgehead atoms. The van der Waals surface area contributed by atoms with Crippen molar-refractivity contribution in [3.8, 4) is 5.69 Å². The van der Waals surface area contributed by atoms with Crippen molar-refractivity contribution >= 4 is 23.6 Å². The summed E-state index contributed by atoms with van der Waals surface area (Å²) < 4.78 is 7.40. The molecule has 2 aromatic heterocycles. The van der Waals surface area contributed by atoms with Gasteiger partial charge in [0.05, 0.1) is 24.2 Å². The van der Waals surface area contributed by atoms with Gasteiger partial charge < -0.3 is 14.2 Å². The van der Waals surface area contributed by atoms with E-state index in [9.17, 15) is 4.79 Å². The molecule has 3 aromatic rings. The normalized spacial score (nSPS) is 14.2. The zero-order valence-corrected chi connectivity index (χ0v) is 17.3. The number of rotatable bonds is 7. The van der Waals surface area contributed by atoms with Crippen LogP contribution in [0.25, 0.3) is 5.69 Å². The standard InChI is InChI=1S/C21H25N5O2S/c1-24(15-18-11-8-14-28-18)19(27)16-29-21-23-22-20(25-12-6-3-7-13-25)26(21)17-9-4-2-5-10-17/h2,4-5,8-11,14H,3,6-7,12-13,15-16H2,1H3. The van der Waals surface area contributed by atoms with Crippen molar-refractivity contribution in [1.29, 1.82) is 0 Å². The molecule has 1 amide bonds. The van der Waals surface area contributed by atoms with Gasteiger partial charge in [0.25, 0.3) is 0 Å². The van der Waals surface area contributed by atoms with Gasteiger partial charge in [-0.2, -0.15) is 0 Å². The van der Waals surface area contributed by atoms with Crippen molar-refractivity contribution in [2.75, 3.05) is 30.8 Å². The fraction of sp³-hybridized carbons (Fsp3) is 0.381. The van der Waals surface area contributed by atoms with Crippen LogP contribution in [0.1, 0.15) is 25.0 Å². The second-order valence-corrected chi connectivity index (χ2v) is 8.06. The minimum absolute atomic E-state index is 0.0218. The fourth-order valence-corrected chi connectivity index (χ4v) is 4.31. The molecule has 1 aliphatic heterocycles. The van der Waals surface area contributed by atoms with Crippen molar-refractivity contribution in [1.82, 2.24) is 19.7 Å². The molecule has 4 rings (SSSR count). The van der Waals surface area contributed by atoms with Crippen LogP contribution in [0.4, 0.5) is 5.95 Å². The van der Waals surface area contributed by atoms with Gasteiger partial charge in [0.1, 0.15) is 5.76 Å². The van der Waals surface area contributed by atoms with Crippen molar-refractivity contribution in [3.05, 3.63) is 54.5 Å². The number of furan rings is 1. The molecule has 0 unspecified atom stereocenters. The average molecular weight is 412 g/mol. The lowest BCUT2D eigenvalue weighted by atomic mass is 10.1. The zero-order chi connectivity index (χ0) is 20.1. The van der Waals surface area contributed by atoms with Gasteiger partial charge in [0, 0.05) is 20.1 Å². The maximum atomic E-state index is 12.6. The van der Waals surface area contributed by atoms with Gasteiger partial charge in [0.15, 0.2) is 5.16 Å². The number of thioether (sulfide) groups is 1. The molecule has 1 fully saturated rings. The molecule has 7 nitrogen and oxygen atoms in total. The van der Waals surface area contributed by atoms with Crippen LogP contribution in [0.15, 0.2) is 58.3 Å². The Bertz CT molecular complexity index is 920. The number of aromatic nitrogens is 3. The number of hydrogen-bond acceptors (Lipinski definition) is 6. The van der Waals surface area contributed by atoms with Crippen molar-refractivity contribution in [2.24, 2.45) is 0 Å². The number of para-hydroxylation sites is 1. The summed E-state index contributed by atoms with van der Waals surface area (Å²) in [5.74, 6) is 1.94. The quantitative estimate of drug-likeness (QED) is 0.554. The molecule has 0 aliphatic carbocycles. The number of benzene rings is 1. The highest BCUT2D eigenvalue weighted by Crippen LogP contribution is 2.28. The van der Waals surface area contributed by atoms with Crippen LogP contribution >= 0.6 is 11.8 Å². The molecule has 8 heteroatoms. The minimum atomic E-state index is 0.0218. The number of hydrogen-bond donors (Lipinski definition) is 0.